The molecule has 3 aromatic heterocycles. The van der Waals surface area contributed by atoms with Crippen LogP contribution in [0.25, 0.3) is 22.3 Å². The van der Waals surface area contributed by atoms with Crippen molar-refractivity contribution in [3.8, 4) is 17.3 Å². The Hall–Kier alpha value is -3.45. The Morgan fingerprint density at radius 3 is 2.86 bits per heavy atom. The Morgan fingerprint density at radius 2 is 2.06 bits per heavy atom. The van der Waals surface area contributed by atoms with Crippen LogP contribution in [0.15, 0.2) is 31.0 Å². The Balaban J connectivity index is 1.22. The lowest BCUT2D eigenvalue weighted by Crippen LogP contribution is -2.55. The number of carbonyl (C=O) groups excluding carboxylic acids is 1. The van der Waals surface area contributed by atoms with E-state index in [-0.39, 0.29) is 12.1 Å². The summed E-state index contributed by atoms with van der Waals surface area (Å²) in [6.07, 6.45) is 14.3. The molecule has 184 valence electrons. The summed E-state index contributed by atoms with van der Waals surface area (Å²) in [7, 11) is 0. The first-order valence-corrected chi connectivity index (χ1v) is 12.7. The normalized spacial score (nSPS) is 18.1. The fourth-order valence-electron chi connectivity index (χ4n) is 5.34. The highest BCUT2D eigenvalue weighted by molar-refractivity contribution is 5.89. The third-order valence-electron chi connectivity index (χ3n) is 7.29. The molecule has 2 amide bonds. The van der Waals surface area contributed by atoms with Gasteiger partial charge in [-0.05, 0) is 31.7 Å². The Kier molecular flexibility index (Phi) is 7.23. The number of nitrogens with one attached hydrogen (secondary N) is 2. The van der Waals surface area contributed by atoms with Gasteiger partial charge in [0.05, 0.1) is 24.5 Å². The predicted octanol–water partition coefficient (Wildman–Crippen LogP) is 3.15. The highest BCUT2D eigenvalue weighted by atomic mass is 16.2. The molecular weight excluding hydrogens is 442 g/mol. The lowest BCUT2D eigenvalue weighted by atomic mass is 10.1. The largest absolute Gasteiger partial charge is 0.346 e. The van der Waals surface area contributed by atoms with Crippen LogP contribution in [0.4, 0.5) is 4.79 Å². The van der Waals surface area contributed by atoms with Gasteiger partial charge in [0.1, 0.15) is 12.0 Å². The number of H-pyrrole nitrogens is 1. The molecule has 0 unspecified atom stereocenters. The average Bonchev–Trinajstić information content (AvgIpc) is 3.65. The Bertz CT molecular complexity index is 1170. The number of hydrogen-bond acceptors (Lipinski definition) is 6. The van der Waals surface area contributed by atoms with Crippen LogP contribution in [-0.2, 0) is 6.54 Å². The van der Waals surface area contributed by atoms with Gasteiger partial charge in [0.15, 0.2) is 0 Å². The molecule has 1 aliphatic carbocycles. The van der Waals surface area contributed by atoms with Crippen molar-refractivity contribution >= 4 is 17.1 Å². The highest BCUT2D eigenvalue weighted by Crippen LogP contribution is 2.25. The minimum Gasteiger partial charge on any atom is -0.346 e. The number of rotatable bonds is 8. The molecule has 10 nitrogen and oxygen atoms in total. The molecule has 4 heterocycles. The van der Waals surface area contributed by atoms with Gasteiger partial charge in [0, 0.05) is 68.0 Å². The minimum atomic E-state index is 0.0789. The van der Waals surface area contributed by atoms with E-state index in [0.717, 1.165) is 80.7 Å². The number of carbonyl (C=O) groups is 1. The van der Waals surface area contributed by atoms with Crippen LogP contribution in [0.5, 0.6) is 0 Å². The van der Waals surface area contributed by atoms with E-state index >= 15 is 0 Å². The van der Waals surface area contributed by atoms with Crippen LogP contribution < -0.4 is 5.32 Å². The van der Waals surface area contributed by atoms with Crippen LogP contribution >= 0.6 is 0 Å². The maximum absolute atomic E-state index is 12.7. The quantitative estimate of drug-likeness (QED) is 0.483. The van der Waals surface area contributed by atoms with Crippen LogP contribution in [0.3, 0.4) is 0 Å². The van der Waals surface area contributed by atoms with E-state index in [0.29, 0.717) is 12.5 Å². The first kappa shape index (κ1) is 23.3. The molecule has 2 aliphatic rings. The minimum absolute atomic E-state index is 0.0789. The number of aromatic amines is 1. The zero-order valence-electron chi connectivity index (χ0n) is 20.1. The van der Waals surface area contributed by atoms with Crippen LogP contribution in [0.1, 0.15) is 44.9 Å². The van der Waals surface area contributed by atoms with Crippen molar-refractivity contribution in [2.24, 2.45) is 0 Å². The van der Waals surface area contributed by atoms with E-state index in [1.165, 1.54) is 12.8 Å². The van der Waals surface area contributed by atoms with Crippen molar-refractivity contribution in [3.05, 3.63) is 31.0 Å². The topological polar surface area (TPSA) is 119 Å². The number of unbranched alkanes of at least 4 members (excludes halogenated alkanes) is 1. The SMILES string of the molecule is N#CCCC[C@@H](Cn1cc(-c2ncnc3[nH]ccc23)cn1)N1CCN(C(=O)NC2CCCC2)CC1. The number of aromatic nitrogens is 5. The van der Waals surface area contributed by atoms with Crippen LogP contribution in [0, 0.1) is 11.3 Å². The molecule has 2 fully saturated rings. The van der Waals surface area contributed by atoms with E-state index in [9.17, 15) is 4.79 Å². The number of nitrogens with zero attached hydrogens (tertiary/aromatic N) is 7. The van der Waals surface area contributed by atoms with Gasteiger partial charge in [-0.3, -0.25) is 9.58 Å². The fraction of sp³-hybridized carbons (Fsp3) is 0.560. The van der Waals surface area contributed by atoms with Crippen LogP contribution in [0.2, 0.25) is 0 Å². The van der Waals surface area contributed by atoms with E-state index in [1.54, 1.807) is 6.33 Å². The number of hydrogen-bond donors (Lipinski definition) is 2. The molecule has 1 aliphatic heterocycles. The highest BCUT2D eigenvalue weighted by Gasteiger charge is 2.28. The predicted molar refractivity (Wildman–Crippen MR) is 132 cm³/mol. The number of nitriles is 1. The first-order chi connectivity index (χ1) is 17.2. The van der Waals surface area contributed by atoms with Crippen molar-refractivity contribution in [2.45, 2.75) is 63.6 Å². The van der Waals surface area contributed by atoms with Crippen molar-refractivity contribution in [1.82, 2.24) is 39.8 Å². The molecule has 0 spiro atoms. The molecular formula is C25H33N9O. The molecule has 0 aromatic carbocycles. The second-order valence-electron chi connectivity index (χ2n) is 9.57. The number of amides is 2. The molecule has 2 N–H and O–H groups in total. The summed E-state index contributed by atoms with van der Waals surface area (Å²) in [5, 5.41) is 17.9. The molecule has 5 rings (SSSR count). The molecule has 1 saturated heterocycles. The van der Waals surface area contributed by atoms with Gasteiger partial charge >= 0.3 is 6.03 Å². The second-order valence-corrected chi connectivity index (χ2v) is 9.57. The van der Waals surface area contributed by atoms with Crippen molar-refractivity contribution < 1.29 is 4.79 Å². The summed E-state index contributed by atoms with van der Waals surface area (Å²) in [5.74, 6) is 0. The molecule has 1 saturated carbocycles. The summed E-state index contributed by atoms with van der Waals surface area (Å²) in [5.41, 5.74) is 2.64. The maximum atomic E-state index is 12.7. The standard InChI is InChI=1S/C25H33N9O/c26-9-4-3-7-21(32-11-13-33(14-12-32)25(35)31-20-5-1-2-6-20)17-34-16-19(15-30-34)23-22-8-10-27-24(22)29-18-28-23/h8,10,15-16,18,20-21H,1-7,11-14,17H2,(H,31,35)(H,27,28,29)/t21-/m0/s1. The fourth-order valence-corrected chi connectivity index (χ4v) is 5.34. The molecule has 0 radical (unpaired) electrons. The number of piperazine rings is 1. The second kappa shape index (κ2) is 10.9. The number of fused-ring (bicyclic) bond motifs is 1. The lowest BCUT2D eigenvalue weighted by Gasteiger charge is -2.39. The van der Waals surface area contributed by atoms with Gasteiger partial charge in [-0.1, -0.05) is 12.8 Å². The first-order valence-electron chi connectivity index (χ1n) is 12.7. The van der Waals surface area contributed by atoms with Gasteiger partial charge in [-0.25, -0.2) is 14.8 Å². The van der Waals surface area contributed by atoms with Crippen molar-refractivity contribution in [1.29, 1.82) is 5.26 Å². The zero-order valence-corrected chi connectivity index (χ0v) is 20.1. The summed E-state index contributed by atoms with van der Waals surface area (Å²) in [6.45, 7) is 3.85. The molecule has 3 aromatic rings. The van der Waals surface area contributed by atoms with E-state index < -0.39 is 0 Å². The molecule has 0 bridgehead atoms. The van der Waals surface area contributed by atoms with E-state index in [4.69, 9.17) is 5.26 Å². The summed E-state index contributed by atoms with van der Waals surface area (Å²) < 4.78 is 1.98. The van der Waals surface area contributed by atoms with Gasteiger partial charge < -0.3 is 15.2 Å². The van der Waals surface area contributed by atoms with Gasteiger partial charge in [-0.15, -0.1) is 0 Å². The Morgan fingerprint density at radius 1 is 1.23 bits per heavy atom. The molecule has 10 heteroatoms. The van der Waals surface area contributed by atoms with Gasteiger partial charge in [0.25, 0.3) is 0 Å². The van der Waals surface area contributed by atoms with Crippen LogP contribution in [-0.4, -0.2) is 78.8 Å². The average molecular weight is 476 g/mol. The zero-order chi connectivity index (χ0) is 24.0. The number of urea groups is 1. The van der Waals surface area contributed by atoms with Crippen molar-refractivity contribution in [2.75, 3.05) is 26.2 Å². The van der Waals surface area contributed by atoms with Gasteiger partial charge in [0.2, 0.25) is 0 Å². The maximum Gasteiger partial charge on any atom is 0.317 e. The molecule has 1 atom stereocenters. The monoisotopic (exact) mass is 475 g/mol. The van der Waals surface area contributed by atoms with E-state index in [2.05, 4.69) is 36.3 Å². The third-order valence-corrected chi connectivity index (χ3v) is 7.29. The van der Waals surface area contributed by atoms with Gasteiger partial charge in [-0.2, -0.15) is 10.4 Å². The molecule has 35 heavy (non-hydrogen) atoms. The summed E-state index contributed by atoms with van der Waals surface area (Å²) in [6, 6.07) is 4.93. The summed E-state index contributed by atoms with van der Waals surface area (Å²) in [4.78, 5) is 29.0. The lowest BCUT2D eigenvalue weighted by molar-refractivity contribution is 0.0926. The van der Waals surface area contributed by atoms with E-state index in [1.807, 2.05) is 34.2 Å². The van der Waals surface area contributed by atoms with Crippen molar-refractivity contribution in [3.63, 3.8) is 0 Å². The summed E-state index contributed by atoms with van der Waals surface area (Å²) >= 11 is 0. The smallest absolute Gasteiger partial charge is 0.317 e. The Labute approximate surface area is 205 Å². The third kappa shape index (κ3) is 5.46.